The fourth-order valence-corrected chi connectivity index (χ4v) is 3.60. The van der Waals surface area contributed by atoms with E-state index in [9.17, 15) is 22.4 Å². The third-order valence-electron chi connectivity index (χ3n) is 3.94. The monoisotopic (exact) mass is 436 g/mol. The first-order chi connectivity index (χ1) is 14.3. The van der Waals surface area contributed by atoms with Crippen LogP contribution < -0.4 is 10.1 Å². The Morgan fingerprint density at radius 1 is 1.20 bits per heavy atom. The summed E-state index contributed by atoms with van der Waals surface area (Å²) >= 11 is 1.40. The summed E-state index contributed by atoms with van der Waals surface area (Å²) in [5.74, 6) is -2.13. The van der Waals surface area contributed by atoms with E-state index >= 15 is 0 Å². The molecule has 30 heavy (non-hydrogen) atoms. The van der Waals surface area contributed by atoms with Crippen LogP contribution in [0.2, 0.25) is 0 Å². The van der Waals surface area contributed by atoms with E-state index in [1.807, 2.05) is 24.3 Å². The van der Waals surface area contributed by atoms with E-state index < -0.39 is 23.8 Å². The molecule has 0 fully saturated rings. The van der Waals surface area contributed by atoms with Gasteiger partial charge in [0, 0.05) is 18.8 Å². The lowest BCUT2D eigenvalue weighted by molar-refractivity contribution is -0.274. The second kappa shape index (κ2) is 7.75. The third kappa shape index (κ3) is 4.57. The molecule has 1 N–H and O–H groups in total. The Bertz CT molecular complexity index is 1190. The number of ether oxygens (including phenoxy) is 1. The van der Waals surface area contributed by atoms with E-state index in [4.69, 9.17) is 0 Å². The Morgan fingerprint density at radius 3 is 2.77 bits per heavy atom. The average molecular weight is 436 g/mol. The zero-order chi connectivity index (χ0) is 21.3. The van der Waals surface area contributed by atoms with Crippen LogP contribution in [-0.4, -0.2) is 27.0 Å². The molecule has 0 bridgehead atoms. The molecule has 0 saturated heterocycles. The van der Waals surface area contributed by atoms with Crippen LogP contribution in [0.4, 0.5) is 17.6 Å². The van der Waals surface area contributed by atoms with E-state index in [1.54, 1.807) is 0 Å². The molecule has 2 aromatic carbocycles. The van der Waals surface area contributed by atoms with E-state index in [2.05, 4.69) is 20.1 Å². The zero-order valence-electron chi connectivity index (χ0n) is 15.0. The summed E-state index contributed by atoms with van der Waals surface area (Å²) in [6, 6.07) is 10.2. The second-order valence-electron chi connectivity index (χ2n) is 6.16. The maximum Gasteiger partial charge on any atom is 0.573 e. The van der Waals surface area contributed by atoms with Crippen molar-refractivity contribution in [3.8, 4) is 10.9 Å². The predicted molar refractivity (Wildman–Crippen MR) is 101 cm³/mol. The number of hydrogen-bond donors (Lipinski definition) is 1. The van der Waals surface area contributed by atoms with Gasteiger partial charge in [-0.05, 0) is 29.8 Å². The van der Waals surface area contributed by atoms with Crippen molar-refractivity contribution in [2.75, 3.05) is 0 Å². The zero-order valence-corrected chi connectivity index (χ0v) is 15.8. The highest BCUT2D eigenvalue weighted by molar-refractivity contribution is 7.20. The van der Waals surface area contributed by atoms with Crippen LogP contribution >= 0.6 is 11.3 Å². The predicted octanol–water partition coefficient (Wildman–Crippen LogP) is 4.45. The van der Waals surface area contributed by atoms with Gasteiger partial charge >= 0.3 is 6.36 Å². The summed E-state index contributed by atoms with van der Waals surface area (Å²) in [5.41, 5.74) is 1.14. The first-order valence-corrected chi connectivity index (χ1v) is 9.32. The number of halogens is 4. The van der Waals surface area contributed by atoms with Gasteiger partial charge in [0.1, 0.15) is 11.6 Å². The number of para-hydroxylation sites is 1. The minimum Gasteiger partial charge on any atom is -0.406 e. The molecule has 4 rings (SSSR count). The Morgan fingerprint density at radius 2 is 2.00 bits per heavy atom. The smallest absolute Gasteiger partial charge is 0.406 e. The van der Waals surface area contributed by atoms with Gasteiger partial charge in [0.2, 0.25) is 5.13 Å². The number of alkyl halides is 3. The number of nitrogens with zero attached hydrogens (tertiary/aromatic N) is 3. The molecule has 6 nitrogen and oxygen atoms in total. The molecule has 0 aliphatic heterocycles. The maximum atomic E-state index is 13.5. The summed E-state index contributed by atoms with van der Waals surface area (Å²) in [5, 5.41) is 7.21. The van der Waals surface area contributed by atoms with Crippen molar-refractivity contribution in [3.05, 3.63) is 71.8 Å². The van der Waals surface area contributed by atoms with Gasteiger partial charge in [0.15, 0.2) is 0 Å². The van der Waals surface area contributed by atoms with E-state index in [0.29, 0.717) is 11.2 Å². The summed E-state index contributed by atoms with van der Waals surface area (Å²) < 4.78 is 56.7. The number of carbonyl (C=O) groups is 1. The van der Waals surface area contributed by atoms with Crippen LogP contribution in [0.25, 0.3) is 15.3 Å². The lowest BCUT2D eigenvalue weighted by Crippen LogP contribution is -2.22. The highest BCUT2D eigenvalue weighted by Crippen LogP contribution is 2.25. The van der Waals surface area contributed by atoms with Gasteiger partial charge in [0.25, 0.3) is 5.91 Å². The van der Waals surface area contributed by atoms with Gasteiger partial charge in [-0.1, -0.05) is 23.5 Å². The molecule has 2 aromatic heterocycles. The van der Waals surface area contributed by atoms with Crippen LogP contribution in [0.5, 0.6) is 5.75 Å². The SMILES string of the molecule is O=C(NCc1cc(F)cc(OC(F)(F)F)c1)c1cnn(-c2nc3ccccc3s2)c1. The van der Waals surface area contributed by atoms with Crippen molar-refractivity contribution in [3.63, 3.8) is 0 Å². The van der Waals surface area contributed by atoms with Gasteiger partial charge < -0.3 is 10.1 Å². The van der Waals surface area contributed by atoms with E-state index in [1.165, 1.54) is 28.4 Å². The normalized spacial score (nSPS) is 11.6. The molecule has 0 spiro atoms. The molecule has 0 aliphatic carbocycles. The summed E-state index contributed by atoms with van der Waals surface area (Å²) in [4.78, 5) is 16.8. The Labute approximate surface area is 170 Å². The molecule has 154 valence electrons. The minimum atomic E-state index is -4.94. The van der Waals surface area contributed by atoms with Crippen molar-refractivity contribution in [2.45, 2.75) is 12.9 Å². The van der Waals surface area contributed by atoms with E-state index in [0.717, 1.165) is 22.3 Å². The number of nitrogens with one attached hydrogen (secondary N) is 1. The molecule has 11 heteroatoms. The topological polar surface area (TPSA) is 69.0 Å². The lowest BCUT2D eigenvalue weighted by Gasteiger charge is -2.11. The van der Waals surface area contributed by atoms with Gasteiger partial charge in [-0.15, -0.1) is 13.2 Å². The Kier molecular flexibility index (Phi) is 5.12. The molecule has 1 amide bonds. The molecule has 0 unspecified atom stereocenters. The van der Waals surface area contributed by atoms with Crippen LogP contribution in [0.15, 0.2) is 54.9 Å². The number of benzene rings is 2. The molecular formula is C19H12F4N4O2S. The quantitative estimate of drug-likeness (QED) is 0.470. The fourth-order valence-electron chi connectivity index (χ4n) is 2.70. The minimum absolute atomic E-state index is 0.112. The molecule has 0 radical (unpaired) electrons. The average Bonchev–Trinajstić information content (AvgIpc) is 3.31. The summed E-state index contributed by atoms with van der Waals surface area (Å²) in [6.45, 7) is -0.197. The van der Waals surface area contributed by atoms with Crippen LogP contribution in [0, 0.1) is 5.82 Å². The highest BCUT2D eigenvalue weighted by Gasteiger charge is 2.31. The number of amides is 1. The Balaban J connectivity index is 1.45. The first kappa shape index (κ1) is 19.8. The number of fused-ring (bicyclic) bond motifs is 1. The number of aromatic nitrogens is 3. The van der Waals surface area contributed by atoms with Crippen molar-refractivity contribution in [1.82, 2.24) is 20.1 Å². The van der Waals surface area contributed by atoms with Crippen LogP contribution in [-0.2, 0) is 6.54 Å². The molecule has 0 saturated carbocycles. The van der Waals surface area contributed by atoms with Gasteiger partial charge in [-0.3, -0.25) is 4.79 Å². The molecular weight excluding hydrogens is 424 g/mol. The molecule has 2 heterocycles. The number of thiazole rings is 1. The summed E-state index contributed by atoms with van der Waals surface area (Å²) in [7, 11) is 0. The first-order valence-electron chi connectivity index (χ1n) is 8.51. The molecule has 0 aliphatic rings. The van der Waals surface area contributed by atoms with Gasteiger partial charge in [-0.2, -0.15) is 5.10 Å². The van der Waals surface area contributed by atoms with Crippen LogP contribution in [0.1, 0.15) is 15.9 Å². The highest BCUT2D eigenvalue weighted by atomic mass is 32.1. The molecule has 0 atom stereocenters. The van der Waals surface area contributed by atoms with Gasteiger partial charge in [0.05, 0.1) is 22.0 Å². The molecule has 4 aromatic rings. The summed E-state index contributed by atoms with van der Waals surface area (Å²) in [6.07, 6.45) is -2.12. The van der Waals surface area contributed by atoms with E-state index in [-0.39, 0.29) is 17.7 Å². The number of carbonyl (C=O) groups excluding carboxylic acids is 1. The standard InChI is InChI=1S/C19H12F4N4O2S/c20-13-5-11(6-14(7-13)29-19(21,22)23)8-24-17(28)12-9-25-27(10-12)18-26-15-3-1-2-4-16(15)30-18/h1-7,9-10H,8H2,(H,24,28). The number of rotatable bonds is 5. The van der Waals surface area contributed by atoms with Crippen molar-refractivity contribution in [1.29, 1.82) is 0 Å². The number of hydrogen-bond acceptors (Lipinski definition) is 5. The largest absolute Gasteiger partial charge is 0.573 e. The maximum absolute atomic E-state index is 13.5. The fraction of sp³-hybridized carbons (Fsp3) is 0.105. The Hall–Kier alpha value is -3.47. The van der Waals surface area contributed by atoms with Crippen molar-refractivity contribution < 1.29 is 27.1 Å². The van der Waals surface area contributed by atoms with Crippen LogP contribution in [0.3, 0.4) is 0 Å². The van der Waals surface area contributed by atoms with Crippen molar-refractivity contribution in [2.24, 2.45) is 0 Å². The van der Waals surface area contributed by atoms with Gasteiger partial charge in [-0.25, -0.2) is 14.1 Å². The second-order valence-corrected chi connectivity index (χ2v) is 7.17. The lowest BCUT2D eigenvalue weighted by atomic mass is 10.2. The third-order valence-corrected chi connectivity index (χ3v) is 4.97. The van der Waals surface area contributed by atoms with Crippen molar-refractivity contribution >= 4 is 27.5 Å².